The molecule has 2 aromatic carbocycles. The van der Waals surface area contributed by atoms with Gasteiger partial charge in [-0.1, -0.05) is 17.7 Å². The van der Waals surface area contributed by atoms with Gasteiger partial charge in [0.15, 0.2) is 5.11 Å². The van der Waals surface area contributed by atoms with E-state index >= 15 is 0 Å². The highest BCUT2D eigenvalue weighted by molar-refractivity contribution is 7.80. The molecular weight excluding hydrogens is 364 g/mol. The quantitative estimate of drug-likeness (QED) is 0.628. The van der Waals surface area contributed by atoms with Gasteiger partial charge < -0.3 is 14.8 Å². The van der Waals surface area contributed by atoms with Gasteiger partial charge >= 0.3 is 5.97 Å². The Hall–Kier alpha value is -2.64. The second-order valence-electron chi connectivity index (χ2n) is 4.83. The van der Waals surface area contributed by atoms with Crippen molar-refractivity contribution in [2.45, 2.75) is 0 Å². The number of hydrogen-bond donors (Lipinski definition) is 2. The first kappa shape index (κ1) is 18.7. The Balaban J connectivity index is 2.04. The largest absolute Gasteiger partial charge is 0.495 e. The highest BCUT2D eigenvalue weighted by Crippen LogP contribution is 2.27. The lowest BCUT2D eigenvalue weighted by molar-refractivity contribution is 0.0600. The van der Waals surface area contributed by atoms with Gasteiger partial charge in [0, 0.05) is 11.3 Å². The highest BCUT2D eigenvalue weighted by Gasteiger charge is 2.12. The number of amides is 1. The fourth-order valence-electron chi connectivity index (χ4n) is 1.99. The van der Waals surface area contributed by atoms with Crippen LogP contribution in [0.15, 0.2) is 42.5 Å². The summed E-state index contributed by atoms with van der Waals surface area (Å²) in [4.78, 5) is 23.8. The standard InChI is InChI=1S/C17H15ClN2O4S/c1-23-14-7-6-12(9-13(14)18)19-17(25)20-15(21)10-4-3-5-11(8-10)16(22)24-2/h3-9H,1-2H3,(H2,19,20,21,25). The van der Waals surface area contributed by atoms with E-state index in [1.54, 1.807) is 36.4 Å². The first-order valence-corrected chi connectivity index (χ1v) is 7.87. The molecule has 0 aliphatic rings. The van der Waals surface area contributed by atoms with Crippen LogP contribution < -0.4 is 15.4 Å². The number of nitrogens with one attached hydrogen (secondary N) is 2. The number of thiocarbonyl (C=S) groups is 1. The number of methoxy groups -OCH3 is 2. The molecule has 0 heterocycles. The molecule has 0 spiro atoms. The number of ether oxygens (including phenoxy) is 2. The van der Waals surface area contributed by atoms with Crippen LogP contribution in [-0.4, -0.2) is 31.2 Å². The minimum Gasteiger partial charge on any atom is -0.495 e. The number of carbonyl (C=O) groups is 2. The molecule has 0 radical (unpaired) electrons. The molecule has 0 aliphatic carbocycles. The van der Waals surface area contributed by atoms with Crippen LogP contribution in [0.3, 0.4) is 0 Å². The smallest absolute Gasteiger partial charge is 0.337 e. The molecule has 25 heavy (non-hydrogen) atoms. The van der Waals surface area contributed by atoms with E-state index in [-0.39, 0.29) is 16.2 Å². The Bertz CT molecular complexity index is 826. The van der Waals surface area contributed by atoms with Crippen LogP contribution in [0.1, 0.15) is 20.7 Å². The molecule has 0 saturated heterocycles. The van der Waals surface area contributed by atoms with Gasteiger partial charge in [-0.05, 0) is 48.6 Å². The SMILES string of the molecule is COC(=O)c1cccc(C(=O)NC(=S)Nc2ccc(OC)c(Cl)c2)c1. The molecule has 0 bridgehead atoms. The Kier molecular flexibility index (Phi) is 6.32. The minimum atomic E-state index is -0.525. The number of anilines is 1. The van der Waals surface area contributed by atoms with Gasteiger partial charge in [-0.3, -0.25) is 10.1 Å². The van der Waals surface area contributed by atoms with E-state index in [9.17, 15) is 9.59 Å². The van der Waals surface area contributed by atoms with Gasteiger partial charge in [-0.25, -0.2) is 4.79 Å². The van der Waals surface area contributed by atoms with Crippen LogP contribution in [0.2, 0.25) is 5.02 Å². The van der Waals surface area contributed by atoms with Crippen molar-refractivity contribution in [2.24, 2.45) is 0 Å². The lowest BCUT2D eigenvalue weighted by atomic mass is 10.1. The maximum Gasteiger partial charge on any atom is 0.337 e. The van der Waals surface area contributed by atoms with Gasteiger partial charge in [0.25, 0.3) is 5.91 Å². The summed E-state index contributed by atoms with van der Waals surface area (Å²) in [6, 6.07) is 11.1. The molecule has 8 heteroatoms. The predicted octanol–water partition coefficient (Wildman–Crippen LogP) is 3.26. The van der Waals surface area contributed by atoms with E-state index in [1.165, 1.54) is 20.3 Å². The van der Waals surface area contributed by atoms with Crippen molar-refractivity contribution in [3.8, 4) is 5.75 Å². The summed E-state index contributed by atoms with van der Waals surface area (Å²) in [6.07, 6.45) is 0. The van der Waals surface area contributed by atoms with Crippen LogP contribution in [0.4, 0.5) is 5.69 Å². The lowest BCUT2D eigenvalue weighted by Gasteiger charge is -2.11. The Morgan fingerprint density at radius 1 is 1.08 bits per heavy atom. The third-order valence-corrected chi connectivity index (χ3v) is 3.68. The molecule has 130 valence electrons. The van der Waals surface area contributed by atoms with E-state index in [0.717, 1.165) is 0 Å². The van der Waals surface area contributed by atoms with E-state index < -0.39 is 11.9 Å². The van der Waals surface area contributed by atoms with E-state index in [0.29, 0.717) is 16.5 Å². The third-order valence-electron chi connectivity index (χ3n) is 3.18. The summed E-state index contributed by atoms with van der Waals surface area (Å²) in [5.41, 5.74) is 1.15. The molecule has 0 fully saturated rings. The molecule has 0 aliphatic heterocycles. The first-order chi connectivity index (χ1) is 11.9. The number of rotatable bonds is 4. The molecule has 2 N–H and O–H groups in total. The molecule has 6 nitrogen and oxygen atoms in total. The van der Waals surface area contributed by atoms with E-state index in [1.807, 2.05) is 0 Å². The van der Waals surface area contributed by atoms with Crippen molar-refractivity contribution >= 4 is 46.5 Å². The topological polar surface area (TPSA) is 76.7 Å². The second-order valence-corrected chi connectivity index (χ2v) is 5.65. The summed E-state index contributed by atoms with van der Waals surface area (Å²) in [5.74, 6) is -0.451. The molecule has 1 amide bonds. The summed E-state index contributed by atoms with van der Waals surface area (Å²) in [6.45, 7) is 0. The van der Waals surface area contributed by atoms with E-state index in [4.69, 9.17) is 28.6 Å². The zero-order chi connectivity index (χ0) is 18.4. The van der Waals surface area contributed by atoms with Crippen molar-refractivity contribution in [1.82, 2.24) is 5.32 Å². The van der Waals surface area contributed by atoms with Gasteiger partial charge in [0.2, 0.25) is 0 Å². The molecular formula is C17H15ClN2O4S. The molecule has 0 atom stereocenters. The number of esters is 1. The van der Waals surface area contributed by atoms with Gasteiger partial charge in [-0.15, -0.1) is 0 Å². The minimum absolute atomic E-state index is 0.0923. The Morgan fingerprint density at radius 2 is 1.80 bits per heavy atom. The van der Waals surface area contributed by atoms with Crippen molar-refractivity contribution in [2.75, 3.05) is 19.5 Å². The van der Waals surface area contributed by atoms with Crippen LogP contribution in [0.5, 0.6) is 5.75 Å². The molecule has 0 saturated carbocycles. The van der Waals surface area contributed by atoms with Gasteiger partial charge in [0.05, 0.1) is 24.8 Å². The average Bonchev–Trinajstić information content (AvgIpc) is 2.61. The average molecular weight is 379 g/mol. The predicted molar refractivity (Wildman–Crippen MR) is 99.5 cm³/mol. The Labute approximate surface area is 155 Å². The van der Waals surface area contributed by atoms with Crippen molar-refractivity contribution < 1.29 is 19.1 Å². The zero-order valence-electron chi connectivity index (χ0n) is 13.5. The molecule has 0 aromatic heterocycles. The number of hydrogen-bond acceptors (Lipinski definition) is 5. The highest BCUT2D eigenvalue weighted by atomic mass is 35.5. The fourth-order valence-corrected chi connectivity index (χ4v) is 2.46. The summed E-state index contributed by atoms with van der Waals surface area (Å²) in [5, 5.41) is 5.88. The molecule has 0 unspecified atom stereocenters. The van der Waals surface area contributed by atoms with Crippen molar-refractivity contribution in [1.29, 1.82) is 0 Å². The normalized spacial score (nSPS) is 9.88. The number of halogens is 1. The van der Waals surface area contributed by atoms with Crippen molar-refractivity contribution in [3.63, 3.8) is 0 Å². The van der Waals surface area contributed by atoms with E-state index in [2.05, 4.69) is 15.4 Å². The summed E-state index contributed by atoms with van der Waals surface area (Å²) in [7, 11) is 2.79. The Morgan fingerprint density at radius 3 is 2.44 bits per heavy atom. The van der Waals surface area contributed by atoms with Crippen LogP contribution in [0.25, 0.3) is 0 Å². The molecule has 2 aromatic rings. The monoisotopic (exact) mass is 378 g/mol. The summed E-state index contributed by atoms with van der Waals surface area (Å²) >= 11 is 11.2. The zero-order valence-corrected chi connectivity index (χ0v) is 15.0. The van der Waals surface area contributed by atoms with Crippen molar-refractivity contribution in [3.05, 3.63) is 58.6 Å². The van der Waals surface area contributed by atoms with Gasteiger partial charge in [-0.2, -0.15) is 0 Å². The van der Waals surface area contributed by atoms with Crippen LogP contribution in [0, 0.1) is 0 Å². The number of benzene rings is 2. The molecule has 2 rings (SSSR count). The third kappa shape index (κ3) is 4.91. The maximum absolute atomic E-state index is 12.2. The lowest BCUT2D eigenvalue weighted by Crippen LogP contribution is -2.34. The maximum atomic E-state index is 12.2. The van der Waals surface area contributed by atoms with Crippen LogP contribution in [-0.2, 0) is 4.74 Å². The van der Waals surface area contributed by atoms with Gasteiger partial charge in [0.1, 0.15) is 5.75 Å². The summed E-state index contributed by atoms with van der Waals surface area (Å²) < 4.78 is 9.70. The number of carbonyl (C=O) groups excluding carboxylic acids is 2. The second kappa shape index (κ2) is 8.46. The fraction of sp³-hybridized carbons (Fsp3) is 0.118. The first-order valence-electron chi connectivity index (χ1n) is 7.09. The van der Waals surface area contributed by atoms with Crippen LogP contribution >= 0.6 is 23.8 Å².